The zero-order valence-electron chi connectivity index (χ0n) is 20.1. The molecule has 2 heterocycles. The lowest BCUT2D eigenvalue weighted by molar-refractivity contribution is 0.350. The summed E-state index contributed by atoms with van der Waals surface area (Å²) >= 11 is 0. The Kier molecular flexibility index (Phi) is 7.66. The zero-order chi connectivity index (χ0) is 23.5. The summed E-state index contributed by atoms with van der Waals surface area (Å²) in [7, 11) is 4.05. The molecule has 7 heteroatoms. The minimum absolute atomic E-state index is 0. The molecule has 0 atom stereocenters. The third-order valence-electron chi connectivity index (χ3n) is 6.67. The third kappa shape index (κ3) is 5.46. The topological polar surface area (TPSA) is 79.1 Å². The fourth-order valence-electron chi connectivity index (χ4n) is 4.76. The van der Waals surface area contributed by atoms with Crippen LogP contribution in [0.3, 0.4) is 0 Å². The van der Waals surface area contributed by atoms with Gasteiger partial charge in [-0.1, -0.05) is 55.0 Å². The first kappa shape index (κ1) is 24.7. The minimum atomic E-state index is 0. The lowest BCUT2D eigenvalue weighted by atomic mass is 9.91. The molecule has 0 unspecified atom stereocenters. The van der Waals surface area contributed by atoms with E-state index in [4.69, 9.17) is 14.5 Å². The van der Waals surface area contributed by atoms with E-state index in [-0.39, 0.29) is 7.43 Å². The fourth-order valence-corrected chi connectivity index (χ4v) is 4.76. The number of fused-ring (bicyclic) bond motifs is 1. The van der Waals surface area contributed by atoms with Crippen LogP contribution in [-0.4, -0.2) is 41.3 Å². The van der Waals surface area contributed by atoms with Crippen molar-refractivity contribution in [1.82, 2.24) is 20.4 Å². The molecule has 0 aliphatic heterocycles. The van der Waals surface area contributed by atoms with E-state index in [0.29, 0.717) is 18.0 Å². The largest absolute Gasteiger partial charge is 0.362 e. The van der Waals surface area contributed by atoms with E-state index in [1.165, 1.54) is 0 Å². The predicted octanol–water partition coefficient (Wildman–Crippen LogP) is 5.81. The molecule has 2 aromatic carbocycles. The van der Waals surface area contributed by atoms with Gasteiger partial charge in [0, 0.05) is 49.2 Å². The Morgan fingerprint density at radius 1 is 0.914 bits per heavy atom. The maximum absolute atomic E-state index is 5.51. The van der Waals surface area contributed by atoms with E-state index < -0.39 is 0 Å². The molecule has 1 saturated carbocycles. The minimum Gasteiger partial charge on any atom is -0.362 e. The van der Waals surface area contributed by atoms with E-state index in [9.17, 15) is 0 Å². The number of aromatic nitrogens is 3. The van der Waals surface area contributed by atoms with Crippen LogP contribution in [0, 0.1) is 6.92 Å². The summed E-state index contributed by atoms with van der Waals surface area (Å²) in [6, 6.07) is 19.3. The summed E-state index contributed by atoms with van der Waals surface area (Å²) in [4.78, 5) is 11.6. The van der Waals surface area contributed by atoms with Crippen molar-refractivity contribution in [2.45, 2.75) is 58.7 Å². The second-order valence-corrected chi connectivity index (χ2v) is 9.29. The molecule has 1 aliphatic rings. The molecule has 2 N–H and O–H groups in total. The van der Waals surface area contributed by atoms with Gasteiger partial charge >= 0.3 is 0 Å². The Hall–Kier alpha value is -3.45. The number of para-hydroxylation sites is 1. The van der Waals surface area contributed by atoms with Crippen LogP contribution < -0.4 is 15.5 Å². The van der Waals surface area contributed by atoms with Crippen LogP contribution in [0.15, 0.2) is 59.1 Å². The number of aryl methyl sites for hydroxylation is 1. The summed E-state index contributed by atoms with van der Waals surface area (Å²) in [5, 5.41) is 12.7. The monoisotopic (exact) mass is 472 g/mol. The van der Waals surface area contributed by atoms with Crippen molar-refractivity contribution in [1.29, 1.82) is 0 Å². The van der Waals surface area contributed by atoms with Crippen molar-refractivity contribution in [3.05, 3.63) is 65.9 Å². The average molecular weight is 473 g/mol. The first-order valence-corrected chi connectivity index (χ1v) is 12.0. The van der Waals surface area contributed by atoms with Gasteiger partial charge in [-0.2, -0.15) is 4.98 Å². The van der Waals surface area contributed by atoms with Gasteiger partial charge in [0.15, 0.2) is 0 Å². The van der Waals surface area contributed by atoms with Crippen LogP contribution in [0.5, 0.6) is 0 Å². The summed E-state index contributed by atoms with van der Waals surface area (Å²) in [6.07, 6.45) is 4.38. The average Bonchev–Trinajstić information content (AvgIpc) is 3.23. The Bertz CT molecular complexity index is 1250. The second-order valence-electron chi connectivity index (χ2n) is 9.29. The normalized spacial score (nSPS) is 17.7. The van der Waals surface area contributed by atoms with Crippen molar-refractivity contribution >= 4 is 22.7 Å². The van der Waals surface area contributed by atoms with Crippen molar-refractivity contribution in [3.8, 4) is 11.3 Å². The Morgan fingerprint density at radius 3 is 2.34 bits per heavy atom. The third-order valence-corrected chi connectivity index (χ3v) is 6.67. The number of anilines is 2. The summed E-state index contributed by atoms with van der Waals surface area (Å²) in [5.41, 5.74) is 4.15. The van der Waals surface area contributed by atoms with Crippen LogP contribution in [-0.2, 0) is 6.54 Å². The molecule has 35 heavy (non-hydrogen) atoms. The van der Waals surface area contributed by atoms with Crippen LogP contribution in [0.25, 0.3) is 22.2 Å². The molecule has 0 radical (unpaired) electrons. The van der Waals surface area contributed by atoms with Crippen molar-refractivity contribution in [2.75, 3.05) is 24.3 Å². The molecule has 5 rings (SSSR count). The first-order chi connectivity index (χ1) is 16.6. The molecular formula is C28H36N6O. The van der Waals surface area contributed by atoms with Gasteiger partial charge in [0.05, 0.1) is 5.52 Å². The quantitative estimate of drug-likeness (QED) is 0.351. The van der Waals surface area contributed by atoms with Crippen LogP contribution in [0.2, 0.25) is 0 Å². The lowest BCUT2D eigenvalue weighted by Crippen LogP contribution is -2.37. The maximum Gasteiger partial charge on any atom is 0.225 e. The van der Waals surface area contributed by atoms with Crippen LogP contribution >= 0.6 is 0 Å². The van der Waals surface area contributed by atoms with Crippen LogP contribution in [0.1, 0.15) is 44.4 Å². The van der Waals surface area contributed by atoms with Crippen molar-refractivity contribution in [3.63, 3.8) is 0 Å². The summed E-state index contributed by atoms with van der Waals surface area (Å²) < 4.78 is 5.51. The summed E-state index contributed by atoms with van der Waals surface area (Å²) in [6.45, 7) is 2.76. The molecular weight excluding hydrogens is 436 g/mol. The Labute approximate surface area is 208 Å². The van der Waals surface area contributed by atoms with E-state index in [1.54, 1.807) is 0 Å². The number of nitrogens with one attached hydrogen (secondary N) is 2. The predicted molar refractivity (Wildman–Crippen MR) is 144 cm³/mol. The highest BCUT2D eigenvalue weighted by atomic mass is 16.5. The second kappa shape index (κ2) is 10.9. The SMILES string of the molecule is C.Cc1onc(-c2ccccc2)c1CNC1CCC(Nc2nc(N(C)C)c3ccccc3n2)CC1. The molecule has 184 valence electrons. The number of hydrogen-bond donors (Lipinski definition) is 2. The summed E-state index contributed by atoms with van der Waals surface area (Å²) in [5.74, 6) is 2.54. The number of nitrogens with zero attached hydrogens (tertiary/aromatic N) is 4. The van der Waals surface area contributed by atoms with Gasteiger partial charge in [0.1, 0.15) is 17.3 Å². The number of benzene rings is 2. The van der Waals surface area contributed by atoms with Crippen molar-refractivity contribution in [2.24, 2.45) is 0 Å². The van der Waals surface area contributed by atoms with E-state index >= 15 is 0 Å². The van der Waals surface area contributed by atoms with E-state index in [2.05, 4.69) is 34.0 Å². The highest BCUT2D eigenvalue weighted by Gasteiger charge is 2.23. The van der Waals surface area contributed by atoms with Gasteiger partial charge in [-0.15, -0.1) is 0 Å². The molecule has 1 fully saturated rings. The smallest absolute Gasteiger partial charge is 0.225 e. The number of hydrogen-bond acceptors (Lipinski definition) is 7. The maximum atomic E-state index is 5.51. The highest BCUT2D eigenvalue weighted by molar-refractivity contribution is 5.90. The van der Waals surface area contributed by atoms with Gasteiger partial charge in [0.2, 0.25) is 5.95 Å². The molecule has 1 aliphatic carbocycles. The Morgan fingerprint density at radius 2 is 1.60 bits per heavy atom. The number of rotatable bonds is 7. The zero-order valence-corrected chi connectivity index (χ0v) is 20.1. The Balaban J connectivity index is 0.00000289. The first-order valence-electron chi connectivity index (χ1n) is 12.0. The molecule has 0 spiro atoms. The lowest BCUT2D eigenvalue weighted by Gasteiger charge is -2.30. The van der Waals surface area contributed by atoms with Gasteiger partial charge < -0.3 is 20.1 Å². The van der Waals surface area contributed by atoms with Gasteiger partial charge in [-0.3, -0.25) is 0 Å². The van der Waals surface area contributed by atoms with Gasteiger partial charge in [0.25, 0.3) is 0 Å². The van der Waals surface area contributed by atoms with Gasteiger partial charge in [-0.25, -0.2) is 4.98 Å². The molecule has 2 aromatic heterocycles. The molecule has 4 aromatic rings. The fraction of sp³-hybridized carbons (Fsp3) is 0.393. The van der Waals surface area contributed by atoms with E-state index in [1.807, 2.05) is 62.3 Å². The highest BCUT2D eigenvalue weighted by Crippen LogP contribution is 2.28. The van der Waals surface area contributed by atoms with Gasteiger partial charge in [-0.05, 0) is 44.7 Å². The molecule has 0 bridgehead atoms. The molecule has 7 nitrogen and oxygen atoms in total. The molecule has 0 saturated heterocycles. The molecule has 0 amide bonds. The standard InChI is InChI=1S/C27H32N6O.CH4/c1-18-23(25(32-34-18)19-9-5-4-6-10-19)17-28-20-13-15-21(16-14-20)29-27-30-24-12-8-7-11-22(24)26(31-27)33(2)3;/h4-12,20-21,28H,13-17H2,1-3H3,(H,29,30,31);1H4. The van der Waals surface area contributed by atoms with Crippen LogP contribution in [0.4, 0.5) is 11.8 Å². The van der Waals surface area contributed by atoms with Crippen molar-refractivity contribution < 1.29 is 4.52 Å². The van der Waals surface area contributed by atoms with E-state index in [0.717, 1.165) is 71.5 Å².